The van der Waals surface area contributed by atoms with Crippen LogP contribution in [0.25, 0.3) is 5.82 Å². The summed E-state index contributed by atoms with van der Waals surface area (Å²) in [7, 11) is 2.18. The fraction of sp³-hybridized carbons (Fsp3) is 0.360. The van der Waals surface area contributed by atoms with Crippen molar-refractivity contribution in [3.63, 3.8) is 0 Å². The van der Waals surface area contributed by atoms with Crippen LogP contribution in [0.5, 0.6) is 0 Å². The summed E-state index contributed by atoms with van der Waals surface area (Å²) in [6.45, 7) is 9.88. The van der Waals surface area contributed by atoms with Crippen LogP contribution in [0.15, 0.2) is 54.7 Å². The van der Waals surface area contributed by atoms with Crippen LogP contribution in [-0.2, 0) is 13.1 Å². The van der Waals surface area contributed by atoms with Gasteiger partial charge in [-0.15, -0.1) is 0 Å². The Bertz CT molecular complexity index is 1040. The maximum atomic E-state index is 12.9. The van der Waals surface area contributed by atoms with Crippen molar-refractivity contribution in [3.8, 4) is 5.82 Å². The lowest BCUT2D eigenvalue weighted by Crippen LogP contribution is -2.43. The molecule has 3 aromatic rings. The third kappa shape index (κ3) is 5.03. The molecule has 0 spiro atoms. The number of amides is 1. The second-order valence-electron chi connectivity index (χ2n) is 8.39. The topological polar surface area (TPSA) is 53.4 Å². The predicted molar refractivity (Wildman–Crippen MR) is 123 cm³/mol. The Hall–Kier alpha value is -2.96. The minimum Gasteiger partial charge on any atom is -0.348 e. The largest absolute Gasteiger partial charge is 0.348 e. The van der Waals surface area contributed by atoms with Crippen molar-refractivity contribution < 1.29 is 4.79 Å². The highest BCUT2D eigenvalue weighted by Crippen LogP contribution is 2.19. The highest BCUT2D eigenvalue weighted by atomic mass is 16.1. The number of likely N-dealkylation sites (N-methyl/N-ethyl adjacent to an activating group) is 1. The summed E-state index contributed by atoms with van der Waals surface area (Å²) in [5.41, 5.74) is 5.01. The summed E-state index contributed by atoms with van der Waals surface area (Å²) in [5, 5.41) is 3.09. The normalized spacial score (nSPS) is 15.2. The van der Waals surface area contributed by atoms with Crippen LogP contribution in [0, 0.1) is 13.8 Å². The Morgan fingerprint density at radius 1 is 1.00 bits per heavy atom. The number of aromatic nitrogens is 2. The molecule has 1 aromatic carbocycles. The van der Waals surface area contributed by atoms with Gasteiger partial charge in [0.1, 0.15) is 5.82 Å². The monoisotopic (exact) mass is 417 g/mol. The van der Waals surface area contributed by atoms with Crippen molar-refractivity contribution in [3.05, 3.63) is 82.8 Å². The number of carbonyl (C=O) groups excluding carboxylic acids is 1. The summed E-state index contributed by atoms with van der Waals surface area (Å²) in [5.74, 6) is 0.771. The molecule has 162 valence electrons. The predicted octanol–water partition coefficient (Wildman–Crippen LogP) is 3.17. The molecule has 0 saturated carbocycles. The number of nitrogens with one attached hydrogen (secondary N) is 1. The van der Waals surface area contributed by atoms with E-state index in [2.05, 4.69) is 51.4 Å². The average molecular weight is 418 g/mol. The molecule has 2 aromatic heterocycles. The second-order valence-corrected chi connectivity index (χ2v) is 8.39. The molecule has 0 unspecified atom stereocenters. The molecule has 1 fully saturated rings. The number of pyridine rings is 1. The summed E-state index contributed by atoms with van der Waals surface area (Å²) in [4.78, 5) is 22.2. The van der Waals surface area contributed by atoms with Gasteiger partial charge in [-0.3, -0.25) is 9.69 Å². The molecule has 0 radical (unpaired) electrons. The first-order chi connectivity index (χ1) is 15.0. The summed E-state index contributed by atoms with van der Waals surface area (Å²) in [6, 6.07) is 16.3. The van der Waals surface area contributed by atoms with Gasteiger partial charge in [-0.1, -0.05) is 30.3 Å². The van der Waals surface area contributed by atoms with E-state index in [0.717, 1.165) is 55.5 Å². The lowest BCUT2D eigenvalue weighted by molar-refractivity contribution is 0.0950. The van der Waals surface area contributed by atoms with Gasteiger partial charge < -0.3 is 14.8 Å². The Morgan fingerprint density at radius 3 is 2.52 bits per heavy atom. The van der Waals surface area contributed by atoms with Gasteiger partial charge in [0.2, 0.25) is 0 Å². The SMILES string of the molecule is Cc1cc(C(=O)NCc2cccc(CN3CCN(C)CC3)c2)c(C)n1-c1ccccn1. The van der Waals surface area contributed by atoms with Gasteiger partial charge in [-0.2, -0.15) is 0 Å². The number of rotatable bonds is 6. The van der Waals surface area contributed by atoms with Gasteiger partial charge in [-0.05, 0) is 50.2 Å². The summed E-state index contributed by atoms with van der Waals surface area (Å²) in [6.07, 6.45) is 1.77. The third-order valence-corrected chi connectivity index (χ3v) is 6.00. The van der Waals surface area contributed by atoms with E-state index in [1.807, 2.05) is 42.7 Å². The smallest absolute Gasteiger partial charge is 0.253 e. The van der Waals surface area contributed by atoms with Crippen LogP contribution < -0.4 is 5.32 Å². The van der Waals surface area contributed by atoms with E-state index in [9.17, 15) is 4.79 Å². The van der Waals surface area contributed by atoms with Crippen molar-refractivity contribution >= 4 is 5.91 Å². The minimum atomic E-state index is -0.0558. The molecular formula is C25H31N5O. The Kier molecular flexibility index (Phi) is 6.49. The molecule has 4 rings (SSSR count). The number of hydrogen-bond acceptors (Lipinski definition) is 4. The molecule has 6 heteroatoms. The number of carbonyl (C=O) groups is 1. The van der Waals surface area contributed by atoms with E-state index >= 15 is 0 Å². The summed E-state index contributed by atoms with van der Waals surface area (Å²) >= 11 is 0. The number of hydrogen-bond donors (Lipinski definition) is 1. The number of aryl methyl sites for hydroxylation is 1. The number of piperazine rings is 1. The molecule has 0 bridgehead atoms. The highest BCUT2D eigenvalue weighted by molar-refractivity contribution is 5.95. The molecular weight excluding hydrogens is 386 g/mol. The zero-order valence-electron chi connectivity index (χ0n) is 18.6. The van der Waals surface area contributed by atoms with Crippen LogP contribution in [0.2, 0.25) is 0 Å². The zero-order valence-corrected chi connectivity index (χ0v) is 18.6. The maximum absolute atomic E-state index is 12.9. The molecule has 1 N–H and O–H groups in total. The van der Waals surface area contributed by atoms with Crippen molar-refractivity contribution in [2.75, 3.05) is 33.2 Å². The van der Waals surface area contributed by atoms with Gasteiger partial charge in [0.25, 0.3) is 5.91 Å². The van der Waals surface area contributed by atoms with E-state index in [1.165, 1.54) is 5.56 Å². The Labute approximate surface area is 184 Å². The van der Waals surface area contributed by atoms with Crippen LogP contribution >= 0.6 is 0 Å². The van der Waals surface area contributed by atoms with Crippen molar-refractivity contribution in [1.82, 2.24) is 24.7 Å². The van der Waals surface area contributed by atoms with Gasteiger partial charge in [-0.25, -0.2) is 4.98 Å². The van der Waals surface area contributed by atoms with Crippen molar-refractivity contribution in [2.45, 2.75) is 26.9 Å². The maximum Gasteiger partial charge on any atom is 0.253 e. The van der Waals surface area contributed by atoms with Crippen LogP contribution in [0.1, 0.15) is 32.9 Å². The van der Waals surface area contributed by atoms with Gasteiger partial charge >= 0.3 is 0 Å². The fourth-order valence-corrected chi connectivity index (χ4v) is 4.21. The quantitative estimate of drug-likeness (QED) is 0.669. The lowest BCUT2D eigenvalue weighted by Gasteiger charge is -2.32. The standard InChI is InChI=1S/C25H31N5O/c1-19-15-23(20(2)30(19)24-9-4-5-10-26-24)25(31)27-17-21-7-6-8-22(16-21)18-29-13-11-28(3)12-14-29/h4-10,15-16H,11-14,17-18H2,1-3H3,(H,27,31). The zero-order chi connectivity index (χ0) is 21.8. The average Bonchev–Trinajstić information content (AvgIpc) is 3.08. The van der Waals surface area contributed by atoms with Crippen LogP contribution in [0.3, 0.4) is 0 Å². The molecule has 0 aliphatic carbocycles. The summed E-state index contributed by atoms with van der Waals surface area (Å²) < 4.78 is 2.02. The molecule has 31 heavy (non-hydrogen) atoms. The number of nitrogens with zero attached hydrogens (tertiary/aromatic N) is 4. The van der Waals surface area contributed by atoms with E-state index in [4.69, 9.17) is 0 Å². The highest BCUT2D eigenvalue weighted by Gasteiger charge is 2.17. The minimum absolute atomic E-state index is 0.0558. The molecule has 3 heterocycles. The van der Waals surface area contributed by atoms with Crippen molar-refractivity contribution in [2.24, 2.45) is 0 Å². The first-order valence-electron chi connectivity index (χ1n) is 10.9. The Morgan fingerprint density at radius 2 is 1.77 bits per heavy atom. The fourth-order valence-electron chi connectivity index (χ4n) is 4.21. The third-order valence-electron chi connectivity index (χ3n) is 6.00. The first kappa shape index (κ1) is 21.3. The second kappa shape index (κ2) is 9.45. The lowest BCUT2D eigenvalue weighted by atomic mass is 10.1. The van der Waals surface area contributed by atoms with Crippen LogP contribution in [-0.4, -0.2) is 58.5 Å². The van der Waals surface area contributed by atoms with E-state index in [-0.39, 0.29) is 5.91 Å². The molecule has 1 amide bonds. The van der Waals surface area contributed by atoms with Crippen molar-refractivity contribution in [1.29, 1.82) is 0 Å². The van der Waals surface area contributed by atoms with Gasteiger partial charge in [0.15, 0.2) is 0 Å². The van der Waals surface area contributed by atoms with E-state index < -0.39 is 0 Å². The van der Waals surface area contributed by atoms with E-state index in [0.29, 0.717) is 12.1 Å². The Balaban J connectivity index is 1.40. The first-order valence-corrected chi connectivity index (χ1v) is 10.9. The molecule has 0 atom stereocenters. The van der Waals surface area contributed by atoms with Crippen LogP contribution in [0.4, 0.5) is 0 Å². The molecule has 1 saturated heterocycles. The number of benzene rings is 1. The molecule has 1 aliphatic heterocycles. The van der Waals surface area contributed by atoms with Gasteiger partial charge in [0, 0.05) is 56.9 Å². The molecule has 1 aliphatic rings. The van der Waals surface area contributed by atoms with Gasteiger partial charge in [0.05, 0.1) is 5.56 Å². The van der Waals surface area contributed by atoms with E-state index in [1.54, 1.807) is 6.20 Å². The molecule has 6 nitrogen and oxygen atoms in total.